The molecule has 2 aromatic carbocycles. The Labute approximate surface area is 249 Å². The molecule has 10 nitrogen and oxygen atoms in total. The first-order valence-corrected chi connectivity index (χ1v) is 15.9. The van der Waals surface area contributed by atoms with E-state index >= 15 is 0 Å². The lowest BCUT2D eigenvalue weighted by atomic mass is 9.92. The fraction of sp³-hybridized carbons (Fsp3) is 0.387. The standard InChI is InChI=1S/C31H35FN4O6S/c1-21-6-12-28(36(38)39)22(18-21)20-42-17-15-33-31(37)14-16-35-29-5-3-2-4-26(29)27-19-24(9-13-30(27)35)34-43(40,41)25-10-7-23(32)8-11-25/h2-8,10-12,21,24,34H,9,13-20H2,1H3,(H,33,37). The van der Waals surface area contributed by atoms with Crippen LogP contribution in [-0.2, 0) is 38.9 Å². The van der Waals surface area contributed by atoms with Gasteiger partial charge in [0.1, 0.15) is 5.82 Å². The number of sulfonamides is 1. The highest BCUT2D eigenvalue weighted by molar-refractivity contribution is 7.89. The van der Waals surface area contributed by atoms with E-state index < -0.39 is 15.8 Å². The molecule has 0 aliphatic heterocycles. The predicted molar refractivity (Wildman–Crippen MR) is 160 cm³/mol. The molecule has 2 atom stereocenters. The van der Waals surface area contributed by atoms with E-state index in [0.29, 0.717) is 44.3 Å². The number of rotatable bonds is 12. The van der Waals surface area contributed by atoms with Gasteiger partial charge in [-0.1, -0.05) is 31.2 Å². The summed E-state index contributed by atoms with van der Waals surface area (Å²) < 4.78 is 49.7. The van der Waals surface area contributed by atoms with Crippen LogP contribution in [0.15, 0.2) is 76.8 Å². The minimum atomic E-state index is -3.80. The number of nitro groups is 1. The molecule has 12 heteroatoms. The summed E-state index contributed by atoms with van der Waals surface area (Å²) in [6, 6.07) is 12.4. The summed E-state index contributed by atoms with van der Waals surface area (Å²) in [6.07, 6.45) is 5.94. The van der Waals surface area contributed by atoms with Gasteiger partial charge in [-0.05, 0) is 67.5 Å². The predicted octanol–water partition coefficient (Wildman–Crippen LogP) is 4.27. The first-order valence-electron chi connectivity index (χ1n) is 14.4. The molecule has 43 heavy (non-hydrogen) atoms. The highest BCUT2D eigenvalue weighted by Gasteiger charge is 2.29. The second-order valence-electron chi connectivity index (χ2n) is 11.0. The number of aryl methyl sites for hydroxylation is 1. The number of hydrogen-bond donors (Lipinski definition) is 2. The Morgan fingerprint density at radius 2 is 1.93 bits per heavy atom. The van der Waals surface area contributed by atoms with Crippen molar-refractivity contribution >= 4 is 26.8 Å². The Balaban J connectivity index is 1.16. The van der Waals surface area contributed by atoms with Gasteiger partial charge >= 0.3 is 0 Å². The van der Waals surface area contributed by atoms with Crippen LogP contribution in [0.3, 0.4) is 0 Å². The van der Waals surface area contributed by atoms with Crippen molar-refractivity contribution in [2.45, 2.75) is 56.5 Å². The lowest BCUT2D eigenvalue weighted by Crippen LogP contribution is -2.39. The zero-order valence-electron chi connectivity index (χ0n) is 23.9. The molecule has 0 saturated heterocycles. The van der Waals surface area contributed by atoms with Crippen LogP contribution in [0.5, 0.6) is 0 Å². The van der Waals surface area contributed by atoms with E-state index in [2.05, 4.69) is 14.6 Å². The van der Waals surface area contributed by atoms with Crippen LogP contribution in [-0.4, -0.2) is 49.6 Å². The van der Waals surface area contributed by atoms with Crippen molar-refractivity contribution in [1.29, 1.82) is 0 Å². The number of nitrogens with one attached hydrogen (secondary N) is 2. The van der Waals surface area contributed by atoms with E-state index in [-0.39, 0.29) is 53.0 Å². The van der Waals surface area contributed by atoms with Crippen molar-refractivity contribution in [1.82, 2.24) is 14.6 Å². The molecule has 2 N–H and O–H groups in total. The fourth-order valence-corrected chi connectivity index (χ4v) is 7.15. The number of ether oxygens (including phenoxy) is 1. The Kier molecular flexibility index (Phi) is 9.38. The van der Waals surface area contributed by atoms with Crippen LogP contribution >= 0.6 is 0 Å². The van der Waals surface area contributed by atoms with Gasteiger partial charge in [-0.15, -0.1) is 0 Å². The first-order chi connectivity index (χ1) is 20.6. The molecule has 0 fully saturated rings. The minimum absolute atomic E-state index is 0.0256. The summed E-state index contributed by atoms with van der Waals surface area (Å²) in [6.45, 7) is 3.16. The maximum Gasteiger partial charge on any atom is 0.270 e. The van der Waals surface area contributed by atoms with Gasteiger partial charge in [0.05, 0.1) is 23.0 Å². The van der Waals surface area contributed by atoms with E-state index in [1.807, 2.05) is 37.3 Å². The number of halogens is 1. The van der Waals surface area contributed by atoms with Crippen LogP contribution in [0.25, 0.3) is 10.9 Å². The number of allylic oxidation sites excluding steroid dienone is 2. The zero-order chi connectivity index (χ0) is 30.6. The molecule has 0 bridgehead atoms. The molecule has 5 rings (SSSR count). The number of carbonyl (C=O) groups excluding carboxylic acids is 1. The summed E-state index contributed by atoms with van der Waals surface area (Å²) in [4.78, 5) is 23.6. The zero-order valence-corrected chi connectivity index (χ0v) is 24.7. The molecular formula is C31H35FN4O6S. The van der Waals surface area contributed by atoms with Crippen molar-refractivity contribution in [3.63, 3.8) is 0 Å². The van der Waals surface area contributed by atoms with E-state index in [4.69, 9.17) is 4.74 Å². The minimum Gasteiger partial charge on any atom is -0.375 e. The molecule has 0 radical (unpaired) electrons. The third kappa shape index (κ3) is 7.20. The summed E-state index contributed by atoms with van der Waals surface area (Å²) in [7, 11) is -3.80. The van der Waals surface area contributed by atoms with Gasteiger partial charge in [-0.25, -0.2) is 17.5 Å². The lowest BCUT2D eigenvalue weighted by Gasteiger charge is -2.25. The van der Waals surface area contributed by atoms with E-state index in [1.54, 1.807) is 0 Å². The second-order valence-corrected chi connectivity index (χ2v) is 12.8. The maximum absolute atomic E-state index is 13.3. The number of fused-ring (bicyclic) bond motifs is 3. The van der Waals surface area contributed by atoms with Crippen LogP contribution < -0.4 is 10.0 Å². The van der Waals surface area contributed by atoms with Gasteiger partial charge in [0.25, 0.3) is 5.70 Å². The van der Waals surface area contributed by atoms with Gasteiger partial charge in [0.15, 0.2) is 0 Å². The Hall–Kier alpha value is -3.87. The molecule has 2 unspecified atom stereocenters. The molecule has 228 valence electrons. The van der Waals surface area contributed by atoms with Gasteiger partial charge in [-0.3, -0.25) is 14.9 Å². The third-order valence-corrected chi connectivity index (χ3v) is 9.47. The highest BCUT2D eigenvalue weighted by atomic mass is 32.2. The number of hydrogen-bond acceptors (Lipinski definition) is 6. The second kappa shape index (κ2) is 13.2. The summed E-state index contributed by atoms with van der Waals surface area (Å²) in [5, 5.41) is 15.2. The number of benzene rings is 2. The van der Waals surface area contributed by atoms with Gasteiger partial charge in [0, 0.05) is 53.8 Å². The van der Waals surface area contributed by atoms with Crippen molar-refractivity contribution in [2.75, 3.05) is 19.8 Å². The van der Waals surface area contributed by atoms with Crippen LogP contribution in [0.1, 0.15) is 37.4 Å². The van der Waals surface area contributed by atoms with E-state index in [0.717, 1.165) is 34.3 Å². The van der Waals surface area contributed by atoms with Gasteiger partial charge in [0.2, 0.25) is 15.9 Å². The molecule has 1 heterocycles. The first kappa shape index (κ1) is 30.6. The van der Waals surface area contributed by atoms with Gasteiger partial charge in [-0.2, -0.15) is 0 Å². The van der Waals surface area contributed by atoms with Crippen molar-refractivity contribution in [3.05, 3.63) is 99.1 Å². The molecular weight excluding hydrogens is 575 g/mol. The molecule has 3 aromatic rings. The van der Waals surface area contributed by atoms with Crippen molar-refractivity contribution in [3.8, 4) is 0 Å². The van der Waals surface area contributed by atoms with Crippen molar-refractivity contribution in [2.24, 2.45) is 5.92 Å². The number of amides is 1. The Morgan fingerprint density at radius 1 is 1.16 bits per heavy atom. The quantitative estimate of drug-likeness (QED) is 0.179. The average molecular weight is 611 g/mol. The topological polar surface area (TPSA) is 133 Å². The molecule has 1 aromatic heterocycles. The largest absolute Gasteiger partial charge is 0.375 e. The molecule has 1 amide bonds. The van der Waals surface area contributed by atoms with Crippen LogP contribution in [0.2, 0.25) is 0 Å². The van der Waals surface area contributed by atoms with Crippen LogP contribution in [0, 0.1) is 21.8 Å². The Morgan fingerprint density at radius 3 is 2.70 bits per heavy atom. The Bertz CT molecular complexity index is 1680. The molecule has 2 aliphatic rings. The lowest BCUT2D eigenvalue weighted by molar-refractivity contribution is -0.421. The number of carbonyl (C=O) groups is 1. The molecule has 0 saturated carbocycles. The SMILES string of the molecule is CC1C=CC([N+](=O)[O-])=C(COCCNC(=O)CCn2c3c(c4ccccc42)CC(NS(=O)(=O)c2ccc(F)cc2)CC3)C1. The summed E-state index contributed by atoms with van der Waals surface area (Å²) in [5.74, 6) is -0.408. The number of aromatic nitrogens is 1. The fourth-order valence-electron chi connectivity index (χ4n) is 5.88. The van der Waals surface area contributed by atoms with E-state index in [1.165, 1.54) is 18.2 Å². The number of nitrogens with zero attached hydrogens (tertiary/aromatic N) is 2. The molecule has 0 spiro atoms. The smallest absolute Gasteiger partial charge is 0.270 e. The highest BCUT2D eigenvalue weighted by Crippen LogP contribution is 2.33. The van der Waals surface area contributed by atoms with Gasteiger partial charge < -0.3 is 14.6 Å². The normalized spacial score (nSPS) is 18.6. The van der Waals surface area contributed by atoms with Crippen LogP contribution in [0.4, 0.5) is 4.39 Å². The van der Waals surface area contributed by atoms with E-state index in [9.17, 15) is 27.7 Å². The monoisotopic (exact) mass is 610 g/mol. The summed E-state index contributed by atoms with van der Waals surface area (Å²) >= 11 is 0. The maximum atomic E-state index is 13.3. The van der Waals surface area contributed by atoms with Crippen molar-refractivity contribution < 1.29 is 27.3 Å². The third-order valence-electron chi connectivity index (χ3n) is 7.94. The summed E-state index contributed by atoms with van der Waals surface area (Å²) in [5.41, 5.74) is 3.90. The molecule has 2 aliphatic carbocycles. The number of para-hydroxylation sites is 1. The average Bonchev–Trinajstić information content (AvgIpc) is 3.28.